The van der Waals surface area contributed by atoms with Crippen molar-refractivity contribution in [1.82, 2.24) is 14.7 Å². The molecule has 144 valence electrons. The van der Waals surface area contributed by atoms with Gasteiger partial charge in [-0.05, 0) is 49.9 Å². The minimum atomic E-state index is -0.221. The summed E-state index contributed by atoms with van der Waals surface area (Å²) in [6.07, 6.45) is 0.714. The summed E-state index contributed by atoms with van der Waals surface area (Å²) in [5.74, 6) is -0.294. The molecule has 2 aromatic carbocycles. The van der Waals surface area contributed by atoms with Crippen molar-refractivity contribution < 1.29 is 9.18 Å². The molecular weight excluding hydrogens is 353 g/mol. The molecule has 1 heterocycles. The number of aromatic nitrogens is 2. The van der Waals surface area contributed by atoms with Crippen LogP contribution < -0.4 is 0 Å². The molecule has 0 aliphatic heterocycles. The van der Waals surface area contributed by atoms with E-state index in [1.807, 2.05) is 62.0 Å². The third-order valence-corrected chi connectivity index (χ3v) is 5.63. The number of amides is 1. The Labute approximate surface area is 164 Å². The fourth-order valence-corrected chi connectivity index (χ4v) is 3.91. The summed E-state index contributed by atoms with van der Waals surface area (Å²) in [6.45, 7) is 4.50. The van der Waals surface area contributed by atoms with Gasteiger partial charge >= 0.3 is 0 Å². The van der Waals surface area contributed by atoms with Crippen molar-refractivity contribution >= 4 is 5.91 Å². The van der Waals surface area contributed by atoms with Crippen molar-refractivity contribution in [1.29, 1.82) is 0 Å². The second-order valence-corrected chi connectivity index (χ2v) is 7.56. The molecular formula is C23H24FN3O. The predicted octanol–water partition coefficient (Wildman–Crippen LogP) is 4.39. The highest BCUT2D eigenvalue weighted by molar-refractivity contribution is 5.82. The van der Waals surface area contributed by atoms with E-state index in [1.165, 1.54) is 6.07 Å². The van der Waals surface area contributed by atoms with Crippen molar-refractivity contribution in [2.45, 2.75) is 32.7 Å². The number of para-hydroxylation sites is 1. The van der Waals surface area contributed by atoms with Gasteiger partial charge in [0, 0.05) is 30.8 Å². The molecule has 1 aromatic heterocycles. The lowest BCUT2D eigenvalue weighted by Gasteiger charge is -2.18. The first kappa shape index (κ1) is 18.4. The molecule has 0 N–H and O–H groups in total. The van der Waals surface area contributed by atoms with E-state index < -0.39 is 0 Å². The molecule has 4 nitrogen and oxygen atoms in total. The topological polar surface area (TPSA) is 38.1 Å². The largest absolute Gasteiger partial charge is 0.341 e. The maximum Gasteiger partial charge on any atom is 0.226 e. The molecule has 1 aliphatic carbocycles. The van der Waals surface area contributed by atoms with Crippen LogP contribution >= 0.6 is 0 Å². The fraction of sp³-hybridized carbons (Fsp3) is 0.304. The number of halogens is 1. The fourth-order valence-electron chi connectivity index (χ4n) is 3.91. The molecule has 3 aromatic rings. The Morgan fingerprint density at radius 3 is 2.54 bits per heavy atom. The lowest BCUT2D eigenvalue weighted by atomic mass is 10.1. The first-order valence-electron chi connectivity index (χ1n) is 9.57. The zero-order valence-electron chi connectivity index (χ0n) is 16.4. The first-order valence-corrected chi connectivity index (χ1v) is 9.57. The minimum Gasteiger partial charge on any atom is -0.341 e. The predicted molar refractivity (Wildman–Crippen MR) is 107 cm³/mol. The molecule has 1 fully saturated rings. The van der Waals surface area contributed by atoms with Gasteiger partial charge in [-0.2, -0.15) is 5.10 Å². The second-order valence-electron chi connectivity index (χ2n) is 7.56. The summed E-state index contributed by atoms with van der Waals surface area (Å²) in [6, 6.07) is 16.7. The Hall–Kier alpha value is -2.95. The van der Waals surface area contributed by atoms with E-state index >= 15 is 0 Å². The van der Waals surface area contributed by atoms with Gasteiger partial charge in [0.15, 0.2) is 0 Å². The molecule has 1 aliphatic rings. The number of hydrogen-bond acceptors (Lipinski definition) is 2. The Kier molecular flexibility index (Phi) is 4.75. The molecule has 1 saturated carbocycles. The van der Waals surface area contributed by atoms with Crippen LogP contribution in [0.1, 0.15) is 34.9 Å². The van der Waals surface area contributed by atoms with Gasteiger partial charge in [0.2, 0.25) is 5.91 Å². The van der Waals surface area contributed by atoms with Crippen LogP contribution in [-0.4, -0.2) is 27.6 Å². The third kappa shape index (κ3) is 3.33. The number of rotatable bonds is 5. The Bertz CT molecular complexity index is 1010. The van der Waals surface area contributed by atoms with E-state index in [0.717, 1.165) is 22.6 Å². The molecule has 2 atom stereocenters. The van der Waals surface area contributed by atoms with Gasteiger partial charge in [0.1, 0.15) is 5.82 Å². The maximum atomic E-state index is 14.0. The number of carbonyl (C=O) groups is 1. The minimum absolute atomic E-state index is 0.00890. The third-order valence-electron chi connectivity index (χ3n) is 5.63. The van der Waals surface area contributed by atoms with E-state index in [2.05, 4.69) is 5.10 Å². The molecule has 28 heavy (non-hydrogen) atoms. The van der Waals surface area contributed by atoms with Crippen molar-refractivity contribution in [3.63, 3.8) is 0 Å². The van der Waals surface area contributed by atoms with Crippen molar-refractivity contribution in [2.75, 3.05) is 7.05 Å². The van der Waals surface area contributed by atoms with Crippen molar-refractivity contribution in [3.8, 4) is 5.69 Å². The Morgan fingerprint density at radius 1 is 1.14 bits per heavy atom. The van der Waals surface area contributed by atoms with E-state index in [4.69, 9.17) is 0 Å². The summed E-state index contributed by atoms with van der Waals surface area (Å²) in [4.78, 5) is 14.6. The average Bonchev–Trinajstić information content (AvgIpc) is 3.45. The smallest absolute Gasteiger partial charge is 0.226 e. The monoisotopic (exact) mass is 377 g/mol. The number of aryl methyl sites for hydroxylation is 1. The molecule has 1 amide bonds. The van der Waals surface area contributed by atoms with E-state index in [9.17, 15) is 9.18 Å². The number of hydrogen-bond donors (Lipinski definition) is 0. The summed E-state index contributed by atoms with van der Waals surface area (Å²) >= 11 is 0. The lowest BCUT2D eigenvalue weighted by Crippen LogP contribution is -2.28. The van der Waals surface area contributed by atoms with Crippen LogP contribution in [0.15, 0.2) is 54.6 Å². The Morgan fingerprint density at radius 2 is 1.82 bits per heavy atom. The van der Waals surface area contributed by atoms with E-state index in [0.29, 0.717) is 18.5 Å². The second kappa shape index (κ2) is 7.23. The van der Waals surface area contributed by atoms with Crippen molar-refractivity contribution in [2.24, 2.45) is 5.92 Å². The SMILES string of the molecule is Cc1nn(-c2ccccc2)c(C)c1CN(C)C(=O)C1CC1c1ccccc1F. The van der Waals surface area contributed by atoms with Gasteiger partial charge in [-0.25, -0.2) is 9.07 Å². The van der Waals surface area contributed by atoms with E-state index in [1.54, 1.807) is 17.0 Å². The number of carbonyl (C=O) groups excluding carboxylic acids is 1. The molecule has 0 bridgehead atoms. The molecule has 0 spiro atoms. The van der Waals surface area contributed by atoms with Crippen LogP contribution in [0, 0.1) is 25.6 Å². The van der Waals surface area contributed by atoms with Gasteiger partial charge < -0.3 is 4.90 Å². The van der Waals surface area contributed by atoms with Crippen LogP contribution in [0.5, 0.6) is 0 Å². The summed E-state index contributed by atoms with van der Waals surface area (Å²) in [7, 11) is 1.82. The van der Waals surface area contributed by atoms with Gasteiger partial charge in [-0.1, -0.05) is 36.4 Å². The van der Waals surface area contributed by atoms with Crippen LogP contribution in [0.25, 0.3) is 5.69 Å². The van der Waals surface area contributed by atoms with Crippen LogP contribution in [-0.2, 0) is 11.3 Å². The summed E-state index contributed by atoms with van der Waals surface area (Å²) < 4.78 is 15.9. The number of nitrogens with zero attached hydrogens (tertiary/aromatic N) is 3. The molecule has 0 saturated heterocycles. The molecule has 2 unspecified atom stereocenters. The van der Waals surface area contributed by atoms with E-state index in [-0.39, 0.29) is 23.6 Å². The van der Waals surface area contributed by atoms with Crippen molar-refractivity contribution in [3.05, 3.63) is 82.9 Å². The Balaban J connectivity index is 1.49. The summed E-state index contributed by atoms with van der Waals surface area (Å²) in [5.41, 5.74) is 4.67. The maximum absolute atomic E-state index is 14.0. The molecule has 0 radical (unpaired) electrons. The standard InChI is InChI=1S/C23H24FN3O/c1-15-21(16(2)27(25-15)17-9-5-4-6-10-17)14-26(3)23(28)20-13-19(20)18-11-7-8-12-22(18)24/h4-12,19-20H,13-14H2,1-3H3. The average molecular weight is 377 g/mol. The van der Waals surface area contributed by atoms with Crippen LogP contribution in [0.4, 0.5) is 4.39 Å². The highest BCUT2D eigenvalue weighted by Gasteiger charge is 2.46. The summed E-state index contributed by atoms with van der Waals surface area (Å²) in [5, 5.41) is 4.66. The lowest BCUT2D eigenvalue weighted by molar-refractivity contribution is -0.131. The quantitative estimate of drug-likeness (QED) is 0.661. The zero-order chi connectivity index (χ0) is 19.8. The van der Waals surface area contributed by atoms with Gasteiger partial charge in [-0.3, -0.25) is 4.79 Å². The van der Waals surface area contributed by atoms with Gasteiger partial charge in [0.05, 0.1) is 11.4 Å². The molecule has 5 heteroatoms. The van der Waals surface area contributed by atoms with Crippen LogP contribution in [0.3, 0.4) is 0 Å². The van der Waals surface area contributed by atoms with Crippen LogP contribution in [0.2, 0.25) is 0 Å². The highest BCUT2D eigenvalue weighted by atomic mass is 19.1. The highest BCUT2D eigenvalue weighted by Crippen LogP contribution is 2.49. The van der Waals surface area contributed by atoms with Gasteiger partial charge in [-0.15, -0.1) is 0 Å². The molecule has 4 rings (SSSR count). The first-order chi connectivity index (χ1) is 13.5. The normalized spacial score (nSPS) is 18.1. The van der Waals surface area contributed by atoms with Gasteiger partial charge in [0.25, 0.3) is 0 Å². The number of benzene rings is 2. The zero-order valence-corrected chi connectivity index (χ0v) is 16.4.